The van der Waals surface area contributed by atoms with E-state index in [9.17, 15) is 0 Å². The fourth-order valence-electron chi connectivity index (χ4n) is 0. The summed E-state index contributed by atoms with van der Waals surface area (Å²) in [6, 6.07) is 0. The molecule has 0 aliphatic heterocycles. The summed E-state index contributed by atoms with van der Waals surface area (Å²) >= 11 is 0. The van der Waals surface area contributed by atoms with E-state index in [1.54, 1.807) is 7.11 Å². The van der Waals surface area contributed by atoms with Crippen LogP contribution in [0.2, 0.25) is 13.1 Å². The van der Waals surface area contributed by atoms with Gasteiger partial charge in [-0.05, 0) is 19.6 Å². The Labute approximate surface area is 40.5 Å². The summed E-state index contributed by atoms with van der Waals surface area (Å²) in [4.78, 5) is 0. The molecule has 0 unspecified atom stereocenters. The van der Waals surface area contributed by atoms with Crippen LogP contribution in [-0.4, -0.2) is 15.4 Å². The monoisotopic (exact) mass is 102 g/mol. The van der Waals surface area contributed by atoms with E-state index in [1.807, 2.05) is 13.1 Å². The average molecular weight is 102 g/mol. The number of hydrogen-bond donors (Lipinski definition) is 0. The highest BCUT2D eigenvalue weighted by molar-refractivity contribution is 6.72. The van der Waals surface area contributed by atoms with Crippen molar-refractivity contribution < 1.29 is 4.43 Å². The molecule has 0 spiro atoms. The minimum Gasteiger partial charge on any atom is -0.420 e. The van der Waals surface area contributed by atoms with Crippen molar-refractivity contribution in [2.45, 2.75) is 13.1 Å². The molecule has 0 aromatic heterocycles. The smallest absolute Gasteiger partial charge is 0.189 e. The summed E-state index contributed by atoms with van der Waals surface area (Å²) in [6.07, 6.45) is 0. The molecule has 0 saturated carbocycles. The van der Waals surface area contributed by atoms with Crippen LogP contribution in [0, 0.1) is 6.55 Å². The van der Waals surface area contributed by atoms with Gasteiger partial charge in [-0.25, -0.2) is 0 Å². The molecule has 6 heavy (non-hydrogen) atoms. The summed E-state index contributed by atoms with van der Waals surface area (Å²) in [5, 5.41) is 0. The summed E-state index contributed by atoms with van der Waals surface area (Å²) in [5.41, 5.74) is 0. The first-order chi connectivity index (χ1) is 2.56. The lowest BCUT2D eigenvalue weighted by molar-refractivity contribution is 0.415. The molecule has 0 heterocycles. The SMILES string of the molecule is [CH][Si](C)(C)OC. The Morgan fingerprint density at radius 3 is 1.67 bits per heavy atom. The van der Waals surface area contributed by atoms with Gasteiger partial charge in [0.05, 0.1) is 0 Å². The molecule has 2 radical (unpaired) electrons. The molecular weight excluding hydrogens is 92.1 g/mol. The van der Waals surface area contributed by atoms with Gasteiger partial charge in [0.15, 0.2) is 8.32 Å². The highest BCUT2D eigenvalue weighted by Gasteiger charge is 2.09. The second-order valence-corrected chi connectivity index (χ2v) is 5.42. The first-order valence-corrected chi connectivity index (χ1v) is 4.89. The zero-order valence-electron chi connectivity index (χ0n) is 4.49. The molecule has 36 valence electrons. The van der Waals surface area contributed by atoms with Crippen LogP contribution in [0.3, 0.4) is 0 Å². The van der Waals surface area contributed by atoms with Gasteiger partial charge in [0, 0.05) is 7.11 Å². The molecule has 0 rings (SSSR count). The predicted octanol–water partition coefficient (Wildman–Crippen LogP) is 1.09. The van der Waals surface area contributed by atoms with Crippen molar-refractivity contribution in [3.05, 3.63) is 6.55 Å². The summed E-state index contributed by atoms with van der Waals surface area (Å²) in [6.45, 7) is 9.33. The van der Waals surface area contributed by atoms with Crippen LogP contribution in [0.15, 0.2) is 0 Å². The zero-order valence-corrected chi connectivity index (χ0v) is 5.49. The van der Waals surface area contributed by atoms with Crippen LogP contribution in [0.1, 0.15) is 0 Å². The lowest BCUT2D eigenvalue weighted by atomic mass is 11.8. The molecule has 0 aromatic rings. The second-order valence-electron chi connectivity index (χ2n) is 1.81. The largest absolute Gasteiger partial charge is 0.420 e. The highest BCUT2D eigenvalue weighted by Crippen LogP contribution is 1.95. The number of rotatable bonds is 1. The third-order valence-electron chi connectivity index (χ3n) is 0.526. The van der Waals surface area contributed by atoms with Gasteiger partial charge in [0.2, 0.25) is 0 Å². The minimum absolute atomic E-state index is 1.63. The van der Waals surface area contributed by atoms with Crippen LogP contribution in [-0.2, 0) is 4.43 Å². The van der Waals surface area contributed by atoms with E-state index in [0.29, 0.717) is 0 Å². The zero-order chi connectivity index (χ0) is 5.21. The molecule has 0 bridgehead atoms. The first-order valence-electron chi connectivity index (χ1n) is 1.90. The van der Waals surface area contributed by atoms with Gasteiger partial charge in [-0.15, -0.1) is 0 Å². The molecule has 0 saturated heterocycles. The third kappa shape index (κ3) is 4.18. The van der Waals surface area contributed by atoms with E-state index >= 15 is 0 Å². The summed E-state index contributed by atoms with van der Waals surface area (Å²) in [5.74, 6) is 0. The third-order valence-corrected chi connectivity index (χ3v) is 1.58. The molecule has 0 N–H and O–H groups in total. The summed E-state index contributed by atoms with van der Waals surface area (Å²) in [7, 11) is 0.0139. The molecule has 0 amide bonds. The van der Waals surface area contributed by atoms with Gasteiger partial charge in [-0.1, -0.05) is 0 Å². The Morgan fingerprint density at radius 1 is 1.50 bits per heavy atom. The van der Waals surface area contributed by atoms with Crippen LogP contribution in [0.25, 0.3) is 0 Å². The van der Waals surface area contributed by atoms with E-state index in [-0.39, 0.29) is 0 Å². The lowest BCUT2D eigenvalue weighted by Crippen LogP contribution is -2.23. The standard InChI is InChI=1S/C4H10OSi/c1-5-6(2,3)4/h2H,1,3-4H3. The molecular formula is C4H10OSi. The van der Waals surface area contributed by atoms with Gasteiger partial charge in [-0.3, -0.25) is 0 Å². The van der Waals surface area contributed by atoms with Crippen molar-refractivity contribution in [2.75, 3.05) is 7.11 Å². The van der Waals surface area contributed by atoms with Crippen LogP contribution in [0.5, 0.6) is 0 Å². The Hall–Kier alpha value is 0.177. The molecule has 0 aliphatic carbocycles. The average Bonchev–Trinajstić information content (AvgIpc) is 1.35. The maximum atomic E-state index is 5.45. The van der Waals surface area contributed by atoms with Crippen molar-refractivity contribution >= 4 is 8.32 Å². The first kappa shape index (κ1) is 6.18. The minimum atomic E-state index is -1.63. The van der Waals surface area contributed by atoms with E-state index in [0.717, 1.165) is 0 Å². The quantitative estimate of drug-likeness (QED) is 0.450. The Kier molecular flexibility index (Phi) is 1.81. The molecule has 0 aromatic carbocycles. The maximum Gasteiger partial charge on any atom is 0.189 e. The maximum absolute atomic E-state index is 5.45. The molecule has 2 heteroatoms. The molecule has 0 fully saturated rings. The van der Waals surface area contributed by atoms with Gasteiger partial charge in [0.25, 0.3) is 0 Å². The van der Waals surface area contributed by atoms with Crippen LogP contribution >= 0.6 is 0 Å². The number of hydrogen-bond acceptors (Lipinski definition) is 1. The molecule has 1 nitrogen and oxygen atoms in total. The van der Waals surface area contributed by atoms with Crippen molar-refractivity contribution in [2.24, 2.45) is 0 Å². The van der Waals surface area contributed by atoms with E-state index in [4.69, 9.17) is 11.0 Å². The van der Waals surface area contributed by atoms with Crippen LogP contribution < -0.4 is 0 Å². The Morgan fingerprint density at radius 2 is 1.67 bits per heavy atom. The Bertz CT molecular complexity index is 37.3. The van der Waals surface area contributed by atoms with E-state index < -0.39 is 8.32 Å². The highest BCUT2D eigenvalue weighted by atomic mass is 28.4. The van der Waals surface area contributed by atoms with Crippen molar-refractivity contribution in [1.29, 1.82) is 0 Å². The van der Waals surface area contributed by atoms with Crippen molar-refractivity contribution in [3.8, 4) is 0 Å². The van der Waals surface area contributed by atoms with Crippen molar-refractivity contribution in [3.63, 3.8) is 0 Å². The lowest BCUT2D eigenvalue weighted by Gasteiger charge is -2.10. The topological polar surface area (TPSA) is 9.23 Å². The van der Waals surface area contributed by atoms with Crippen molar-refractivity contribution in [1.82, 2.24) is 0 Å². The van der Waals surface area contributed by atoms with Gasteiger partial charge >= 0.3 is 0 Å². The van der Waals surface area contributed by atoms with Crippen LogP contribution in [0.4, 0.5) is 0 Å². The fourth-order valence-corrected chi connectivity index (χ4v) is 0. The van der Waals surface area contributed by atoms with Gasteiger partial charge < -0.3 is 4.43 Å². The van der Waals surface area contributed by atoms with Gasteiger partial charge in [0.1, 0.15) is 0 Å². The summed E-state index contributed by atoms with van der Waals surface area (Å²) < 4.78 is 4.85. The molecule has 0 atom stereocenters. The predicted molar refractivity (Wildman–Crippen MR) is 28.8 cm³/mol. The van der Waals surface area contributed by atoms with Gasteiger partial charge in [-0.2, -0.15) is 0 Å². The molecule has 0 aliphatic rings. The Balaban J connectivity index is 3.17. The normalized spacial score (nSPS) is 12.0. The second kappa shape index (κ2) is 1.75. The van der Waals surface area contributed by atoms with E-state index in [2.05, 4.69) is 0 Å². The van der Waals surface area contributed by atoms with E-state index in [1.165, 1.54) is 0 Å². The fraction of sp³-hybridized carbons (Fsp3) is 0.750.